The molecule has 25 heavy (non-hydrogen) atoms. The van der Waals surface area contributed by atoms with Gasteiger partial charge in [-0.1, -0.05) is 46.5 Å². The summed E-state index contributed by atoms with van der Waals surface area (Å²) < 4.78 is 7.03. The molecule has 1 N–H and O–H groups in total. The number of hydrogen-bond donors (Lipinski definition) is 1. The van der Waals surface area contributed by atoms with Gasteiger partial charge in [-0.15, -0.1) is 0 Å². The van der Waals surface area contributed by atoms with Crippen molar-refractivity contribution < 1.29 is 4.74 Å². The number of aromatic nitrogens is 2. The third kappa shape index (κ3) is 4.21. The number of benzene rings is 1. The van der Waals surface area contributed by atoms with Crippen LogP contribution >= 0.6 is 0 Å². The fourth-order valence-corrected chi connectivity index (χ4v) is 2.47. The van der Waals surface area contributed by atoms with Gasteiger partial charge in [-0.05, 0) is 17.5 Å². The predicted molar refractivity (Wildman–Crippen MR) is 99.6 cm³/mol. The van der Waals surface area contributed by atoms with Crippen molar-refractivity contribution in [2.75, 3.05) is 7.11 Å². The van der Waals surface area contributed by atoms with Gasteiger partial charge in [0.2, 0.25) is 0 Å². The van der Waals surface area contributed by atoms with E-state index in [0.29, 0.717) is 11.4 Å². The van der Waals surface area contributed by atoms with E-state index in [1.165, 1.54) is 16.8 Å². The molecule has 0 atom stereocenters. The largest absolute Gasteiger partial charge is 0.495 e. The molecule has 0 spiro atoms. The zero-order valence-electron chi connectivity index (χ0n) is 15.6. The van der Waals surface area contributed by atoms with Crippen LogP contribution in [0.3, 0.4) is 0 Å². The quantitative estimate of drug-likeness (QED) is 0.855. The molecule has 2 rings (SSSR count). The van der Waals surface area contributed by atoms with Crippen LogP contribution in [0.4, 0.5) is 0 Å². The number of nitrogens with one attached hydrogen (secondary N) is 1. The molecule has 5 nitrogen and oxygen atoms in total. The number of methoxy groups -OCH3 is 1. The molecule has 0 fully saturated rings. The highest BCUT2D eigenvalue weighted by Gasteiger charge is 2.22. The molecule has 0 aliphatic carbocycles. The van der Waals surface area contributed by atoms with Crippen molar-refractivity contribution in [3.8, 4) is 23.3 Å². The summed E-state index contributed by atoms with van der Waals surface area (Å²) in [6.07, 6.45) is 1.47. The Kier molecular flexibility index (Phi) is 5.22. The van der Waals surface area contributed by atoms with Crippen LogP contribution in [0.5, 0.6) is 5.75 Å². The number of aromatic amines is 1. The third-order valence-electron chi connectivity index (χ3n) is 3.68. The first-order valence-corrected chi connectivity index (χ1v) is 8.20. The van der Waals surface area contributed by atoms with Crippen LogP contribution in [0.2, 0.25) is 0 Å². The summed E-state index contributed by atoms with van der Waals surface area (Å²) in [5.74, 6) is 7.22. The predicted octanol–water partition coefficient (Wildman–Crippen LogP) is 2.84. The normalized spacial score (nSPS) is 11.2. The minimum Gasteiger partial charge on any atom is -0.495 e. The number of H-pyrrole nitrogens is 1. The van der Waals surface area contributed by atoms with Crippen molar-refractivity contribution in [3.05, 3.63) is 56.4 Å². The number of hydrogen-bond acceptors (Lipinski definition) is 3. The summed E-state index contributed by atoms with van der Waals surface area (Å²) in [6, 6.07) is 5.03. The van der Waals surface area contributed by atoms with E-state index in [-0.39, 0.29) is 11.3 Å². The Morgan fingerprint density at radius 3 is 2.40 bits per heavy atom. The molecule has 0 saturated carbocycles. The molecule has 5 heteroatoms. The van der Waals surface area contributed by atoms with Crippen LogP contribution in [-0.4, -0.2) is 16.7 Å². The first kappa shape index (κ1) is 18.6. The van der Waals surface area contributed by atoms with E-state index < -0.39 is 11.2 Å². The molecule has 0 saturated heterocycles. The van der Waals surface area contributed by atoms with Crippen LogP contribution in [0.1, 0.15) is 45.7 Å². The first-order chi connectivity index (χ1) is 11.6. The summed E-state index contributed by atoms with van der Waals surface area (Å²) in [7, 11) is 1.62. The van der Waals surface area contributed by atoms with Crippen molar-refractivity contribution in [2.24, 2.45) is 5.92 Å². The van der Waals surface area contributed by atoms with Gasteiger partial charge in [0.05, 0.1) is 18.4 Å². The lowest BCUT2D eigenvalue weighted by atomic mass is 9.84. The van der Waals surface area contributed by atoms with E-state index in [0.717, 1.165) is 11.1 Å². The van der Waals surface area contributed by atoms with Crippen molar-refractivity contribution in [2.45, 2.75) is 40.0 Å². The average molecular weight is 340 g/mol. The van der Waals surface area contributed by atoms with Gasteiger partial charge in [0.25, 0.3) is 5.56 Å². The molecule has 0 radical (unpaired) electrons. The van der Waals surface area contributed by atoms with Crippen LogP contribution in [-0.2, 0) is 5.41 Å². The molecule has 0 aliphatic heterocycles. The molecule has 132 valence electrons. The van der Waals surface area contributed by atoms with E-state index in [9.17, 15) is 9.59 Å². The second-order valence-electron chi connectivity index (χ2n) is 7.23. The average Bonchev–Trinajstić information content (AvgIpc) is 2.51. The maximum absolute atomic E-state index is 12.2. The number of nitrogens with zero attached hydrogens (tertiary/aromatic N) is 1. The van der Waals surface area contributed by atoms with E-state index in [1.807, 2.05) is 26.0 Å². The first-order valence-electron chi connectivity index (χ1n) is 8.20. The number of ether oxygens (including phenoxy) is 1. The lowest BCUT2D eigenvalue weighted by Gasteiger charge is -2.24. The van der Waals surface area contributed by atoms with Crippen LogP contribution < -0.4 is 16.0 Å². The maximum Gasteiger partial charge on any atom is 0.332 e. The molecule has 0 amide bonds. The van der Waals surface area contributed by atoms with Gasteiger partial charge in [-0.25, -0.2) is 4.79 Å². The molecule has 2 aromatic rings. The fraction of sp³-hybridized carbons (Fsp3) is 0.400. The molecular formula is C20H24N2O3. The van der Waals surface area contributed by atoms with E-state index in [2.05, 4.69) is 37.6 Å². The third-order valence-corrected chi connectivity index (χ3v) is 3.68. The smallest absolute Gasteiger partial charge is 0.332 e. The second-order valence-corrected chi connectivity index (χ2v) is 7.23. The Morgan fingerprint density at radius 2 is 1.88 bits per heavy atom. The molecule has 1 aromatic heterocycles. The fourth-order valence-electron chi connectivity index (χ4n) is 2.47. The molecule has 0 aliphatic rings. The Hall–Kier alpha value is -2.74. The van der Waals surface area contributed by atoms with E-state index in [1.54, 1.807) is 7.11 Å². The summed E-state index contributed by atoms with van der Waals surface area (Å²) in [5.41, 5.74) is 1.18. The van der Waals surface area contributed by atoms with Crippen LogP contribution in [0.15, 0.2) is 34.0 Å². The van der Waals surface area contributed by atoms with Crippen molar-refractivity contribution in [3.63, 3.8) is 0 Å². The van der Waals surface area contributed by atoms with Crippen molar-refractivity contribution in [1.29, 1.82) is 0 Å². The van der Waals surface area contributed by atoms with E-state index >= 15 is 0 Å². The monoisotopic (exact) mass is 340 g/mol. The van der Waals surface area contributed by atoms with Crippen molar-refractivity contribution >= 4 is 0 Å². The summed E-state index contributed by atoms with van der Waals surface area (Å²) >= 11 is 0. The molecule has 0 unspecified atom stereocenters. The highest BCUT2D eigenvalue weighted by Crippen LogP contribution is 2.35. The maximum atomic E-state index is 12.2. The lowest BCUT2D eigenvalue weighted by Crippen LogP contribution is -2.28. The Balaban J connectivity index is 2.82. The number of rotatable bonds is 2. The van der Waals surface area contributed by atoms with Gasteiger partial charge in [-0.2, -0.15) is 0 Å². The summed E-state index contributed by atoms with van der Waals surface area (Å²) in [5, 5.41) is 0. The SMILES string of the molecule is COc1c(C#CC(C)C)cc(-n2ccc(=O)[nH]c2=O)cc1C(C)(C)C. The standard InChI is InChI=1S/C20H24N2O3/c1-13(2)7-8-14-11-15(22-10-9-17(23)21-19(22)24)12-16(18(14)25-6)20(3,4)5/h9-13H,1-6H3,(H,21,23,24). The minimum atomic E-state index is -0.486. The van der Waals surface area contributed by atoms with Gasteiger partial charge < -0.3 is 4.74 Å². The Morgan fingerprint density at radius 1 is 1.20 bits per heavy atom. The van der Waals surface area contributed by atoms with Gasteiger partial charge >= 0.3 is 5.69 Å². The molecular weight excluding hydrogens is 316 g/mol. The van der Waals surface area contributed by atoms with Gasteiger partial charge in [0, 0.05) is 23.7 Å². The zero-order valence-corrected chi connectivity index (χ0v) is 15.6. The Bertz CT molecular complexity index is 948. The Labute approximate surface area is 147 Å². The highest BCUT2D eigenvalue weighted by molar-refractivity contribution is 5.58. The van der Waals surface area contributed by atoms with E-state index in [4.69, 9.17) is 4.74 Å². The molecule has 1 aromatic carbocycles. The van der Waals surface area contributed by atoms with Gasteiger partial charge in [0.1, 0.15) is 5.75 Å². The van der Waals surface area contributed by atoms with Crippen LogP contribution in [0.25, 0.3) is 5.69 Å². The minimum absolute atomic E-state index is 0.207. The van der Waals surface area contributed by atoms with Crippen LogP contribution in [0, 0.1) is 17.8 Å². The van der Waals surface area contributed by atoms with Gasteiger partial charge in [-0.3, -0.25) is 14.3 Å². The molecule has 0 bridgehead atoms. The summed E-state index contributed by atoms with van der Waals surface area (Å²) in [6.45, 7) is 10.2. The lowest BCUT2D eigenvalue weighted by molar-refractivity contribution is 0.396. The zero-order chi connectivity index (χ0) is 18.8. The topological polar surface area (TPSA) is 64.1 Å². The summed E-state index contributed by atoms with van der Waals surface area (Å²) in [4.78, 5) is 25.8. The van der Waals surface area contributed by atoms with Gasteiger partial charge in [0.15, 0.2) is 0 Å². The molecule has 1 heterocycles. The second kappa shape index (κ2) is 7.02. The van der Waals surface area contributed by atoms with Crippen molar-refractivity contribution in [1.82, 2.24) is 9.55 Å². The highest BCUT2D eigenvalue weighted by atomic mass is 16.5.